The molecule has 1 atom stereocenters. The third-order valence-corrected chi connectivity index (χ3v) is 9.59. The molecule has 1 aliphatic heterocycles. The van der Waals surface area contributed by atoms with Gasteiger partial charge in [-0.1, -0.05) is 89.3 Å². The third kappa shape index (κ3) is 7.01. The van der Waals surface area contributed by atoms with Gasteiger partial charge in [-0.05, 0) is 66.9 Å². The predicted octanol–water partition coefficient (Wildman–Crippen LogP) is 7.45. The highest BCUT2D eigenvalue weighted by atomic mass is 32.2. The van der Waals surface area contributed by atoms with Gasteiger partial charge in [-0.2, -0.15) is 0 Å². The van der Waals surface area contributed by atoms with Crippen LogP contribution in [0.15, 0.2) is 107 Å². The van der Waals surface area contributed by atoms with Crippen molar-refractivity contribution < 1.29 is 29.3 Å². The first kappa shape index (κ1) is 31.8. The summed E-state index contributed by atoms with van der Waals surface area (Å²) in [5.74, 6) is -0.752. The van der Waals surface area contributed by atoms with Crippen molar-refractivity contribution in [3.8, 4) is 17.2 Å². The average molecular weight is 666 g/mol. The van der Waals surface area contributed by atoms with E-state index in [1.54, 1.807) is 43.3 Å². The Hall–Kier alpha value is -5.13. The molecule has 1 aliphatic rings. The van der Waals surface area contributed by atoms with Crippen LogP contribution < -0.4 is 14.4 Å². The van der Waals surface area contributed by atoms with E-state index in [0.717, 1.165) is 16.7 Å². The van der Waals surface area contributed by atoms with Crippen molar-refractivity contribution in [3.63, 3.8) is 0 Å². The second kappa shape index (κ2) is 14.1. The number of ketones is 1. The summed E-state index contributed by atoms with van der Waals surface area (Å²) in [7, 11) is 0. The van der Waals surface area contributed by atoms with Crippen molar-refractivity contribution in [2.45, 2.75) is 36.6 Å². The standard InChI is InChI=1S/C36H31N3O6S2/c1-3-44-29-19-26(14-17-28(29)40)31-30(32(41)25-12-15-27(16-13-25)45-20-24-11-7-8-22(2)18-24)33(42)34(43)39(31)35-37-38-36(47-35)46-21-23-9-5-4-6-10-23/h4-19,31,40-41H,3,20-21H2,1-2H3. The predicted molar refractivity (Wildman–Crippen MR) is 182 cm³/mol. The smallest absolute Gasteiger partial charge is 0.301 e. The molecule has 47 heavy (non-hydrogen) atoms. The van der Waals surface area contributed by atoms with Gasteiger partial charge in [0, 0.05) is 11.3 Å². The molecule has 0 saturated carbocycles. The number of hydrogen-bond acceptors (Lipinski definition) is 10. The number of hydrogen-bond donors (Lipinski definition) is 2. The molecular formula is C36H31N3O6S2. The summed E-state index contributed by atoms with van der Waals surface area (Å²) >= 11 is 2.65. The number of aryl methyl sites for hydroxylation is 1. The van der Waals surface area contributed by atoms with Crippen LogP contribution in [0, 0.1) is 6.92 Å². The Morgan fingerprint density at radius 3 is 2.43 bits per heavy atom. The van der Waals surface area contributed by atoms with Crippen LogP contribution in [0.5, 0.6) is 17.2 Å². The van der Waals surface area contributed by atoms with Gasteiger partial charge in [-0.25, -0.2) is 0 Å². The van der Waals surface area contributed by atoms with Gasteiger partial charge in [-0.3, -0.25) is 14.5 Å². The zero-order chi connectivity index (χ0) is 32.9. The summed E-state index contributed by atoms with van der Waals surface area (Å²) in [6.07, 6.45) is 0. The molecule has 238 valence electrons. The van der Waals surface area contributed by atoms with E-state index in [9.17, 15) is 19.8 Å². The van der Waals surface area contributed by atoms with Crippen LogP contribution >= 0.6 is 23.1 Å². The van der Waals surface area contributed by atoms with Gasteiger partial charge in [0.25, 0.3) is 5.78 Å². The fraction of sp³-hybridized carbons (Fsp3) is 0.167. The van der Waals surface area contributed by atoms with Crippen LogP contribution in [0.25, 0.3) is 5.76 Å². The number of aliphatic hydroxyl groups is 1. The number of carbonyl (C=O) groups is 2. The van der Waals surface area contributed by atoms with E-state index in [4.69, 9.17) is 9.47 Å². The minimum atomic E-state index is -1.06. The van der Waals surface area contributed by atoms with Crippen LogP contribution in [0.4, 0.5) is 5.13 Å². The Balaban J connectivity index is 1.34. The lowest BCUT2D eigenvalue weighted by Crippen LogP contribution is -2.29. The summed E-state index contributed by atoms with van der Waals surface area (Å²) < 4.78 is 12.2. The number of phenols is 1. The van der Waals surface area contributed by atoms with E-state index in [-0.39, 0.29) is 34.6 Å². The maximum absolute atomic E-state index is 13.7. The molecule has 1 fully saturated rings. The first-order valence-electron chi connectivity index (χ1n) is 14.9. The molecule has 0 spiro atoms. The van der Waals surface area contributed by atoms with Gasteiger partial charge in [-0.15, -0.1) is 10.2 Å². The fourth-order valence-electron chi connectivity index (χ4n) is 5.23. The lowest BCUT2D eigenvalue weighted by molar-refractivity contribution is -0.132. The maximum Gasteiger partial charge on any atom is 0.301 e. The van der Waals surface area contributed by atoms with Crippen molar-refractivity contribution in [2.24, 2.45) is 0 Å². The summed E-state index contributed by atoms with van der Waals surface area (Å²) in [5.41, 5.74) is 3.92. The highest BCUT2D eigenvalue weighted by molar-refractivity contribution is 8.00. The highest BCUT2D eigenvalue weighted by Crippen LogP contribution is 2.45. The molecule has 0 bridgehead atoms. The second-order valence-corrected chi connectivity index (χ2v) is 12.9. The first-order chi connectivity index (χ1) is 22.8. The van der Waals surface area contributed by atoms with Crippen molar-refractivity contribution in [2.75, 3.05) is 11.5 Å². The molecule has 1 saturated heterocycles. The van der Waals surface area contributed by atoms with E-state index in [0.29, 0.717) is 33.6 Å². The molecule has 1 amide bonds. The molecule has 11 heteroatoms. The molecule has 5 aromatic rings. The number of aromatic nitrogens is 2. The normalized spacial score (nSPS) is 15.6. The van der Waals surface area contributed by atoms with Gasteiger partial charge < -0.3 is 19.7 Å². The van der Waals surface area contributed by atoms with E-state index in [2.05, 4.69) is 10.2 Å². The average Bonchev–Trinajstić information content (AvgIpc) is 3.66. The zero-order valence-corrected chi connectivity index (χ0v) is 27.3. The number of benzene rings is 4. The lowest BCUT2D eigenvalue weighted by Gasteiger charge is -2.23. The Kier molecular flexibility index (Phi) is 9.55. The summed E-state index contributed by atoms with van der Waals surface area (Å²) in [4.78, 5) is 28.6. The molecule has 6 rings (SSSR count). The monoisotopic (exact) mass is 665 g/mol. The molecule has 0 radical (unpaired) electrons. The van der Waals surface area contributed by atoms with Crippen LogP contribution in [0.3, 0.4) is 0 Å². The number of anilines is 1. The summed E-state index contributed by atoms with van der Waals surface area (Å²) in [6.45, 7) is 4.45. The summed E-state index contributed by atoms with van der Waals surface area (Å²) in [5, 5.41) is 30.7. The minimum absolute atomic E-state index is 0.0932. The SMILES string of the molecule is CCOc1cc(C2C(=C(O)c3ccc(OCc4cccc(C)c4)cc3)C(=O)C(=O)N2c2nnc(SCc3ccccc3)s2)ccc1O. The maximum atomic E-state index is 13.7. The van der Waals surface area contributed by atoms with Gasteiger partial charge in [0.1, 0.15) is 18.1 Å². The summed E-state index contributed by atoms with van der Waals surface area (Å²) in [6, 6.07) is 28.1. The zero-order valence-electron chi connectivity index (χ0n) is 25.6. The van der Waals surface area contributed by atoms with Crippen LogP contribution in [0.2, 0.25) is 0 Å². The van der Waals surface area contributed by atoms with Crippen LogP contribution in [-0.2, 0) is 21.9 Å². The molecular weight excluding hydrogens is 635 g/mol. The number of rotatable bonds is 11. The van der Waals surface area contributed by atoms with Gasteiger partial charge >= 0.3 is 5.91 Å². The topological polar surface area (TPSA) is 122 Å². The Labute approximate surface area is 280 Å². The van der Waals surface area contributed by atoms with E-state index in [1.807, 2.05) is 61.5 Å². The number of thioether (sulfide) groups is 1. The Morgan fingerprint density at radius 2 is 1.68 bits per heavy atom. The van der Waals surface area contributed by atoms with E-state index >= 15 is 0 Å². The molecule has 9 nitrogen and oxygen atoms in total. The van der Waals surface area contributed by atoms with Gasteiger partial charge in [0.2, 0.25) is 5.13 Å². The van der Waals surface area contributed by atoms with Gasteiger partial charge in [0.05, 0.1) is 18.2 Å². The molecule has 2 heterocycles. The van der Waals surface area contributed by atoms with Crippen LogP contribution in [-0.4, -0.2) is 38.7 Å². The number of aliphatic hydroxyl groups excluding tert-OH is 1. The number of amides is 1. The first-order valence-corrected chi connectivity index (χ1v) is 16.7. The molecule has 1 aromatic heterocycles. The number of ether oxygens (including phenoxy) is 2. The van der Waals surface area contributed by atoms with Crippen molar-refractivity contribution in [1.82, 2.24) is 10.2 Å². The molecule has 4 aromatic carbocycles. The largest absolute Gasteiger partial charge is 0.507 e. The number of nitrogens with zero attached hydrogens (tertiary/aromatic N) is 3. The minimum Gasteiger partial charge on any atom is -0.507 e. The highest BCUT2D eigenvalue weighted by Gasteiger charge is 2.48. The number of aromatic hydroxyl groups is 1. The van der Waals surface area contributed by atoms with Crippen LogP contribution in [0.1, 0.15) is 40.8 Å². The molecule has 0 aliphatic carbocycles. The number of Topliss-reactive ketones (excluding diaryl/α,β-unsaturated/α-hetero) is 1. The fourth-order valence-corrected chi connectivity index (χ4v) is 7.05. The Morgan fingerprint density at radius 1 is 0.915 bits per heavy atom. The van der Waals surface area contributed by atoms with Crippen molar-refractivity contribution in [1.29, 1.82) is 0 Å². The van der Waals surface area contributed by atoms with Crippen molar-refractivity contribution >= 4 is 45.7 Å². The lowest BCUT2D eigenvalue weighted by atomic mass is 9.95. The van der Waals surface area contributed by atoms with Gasteiger partial charge in [0.15, 0.2) is 15.8 Å². The molecule has 2 N–H and O–H groups in total. The quantitative estimate of drug-likeness (QED) is 0.0487. The number of phenolic OH excluding ortho intramolecular Hbond substituents is 1. The van der Waals surface area contributed by atoms with E-state index in [1.165, 1.54) is 34.1 Å². The Bertz CT molecular complexity index is 1940. The van der Waals surface area contributed by atoms with Crippen molar-refractivity contribution in [3.05, 3.63) is 130 Å². The van der Waals surface area contributed by atoms with E-state index < -0.39 is 17.7 Å². The third-order valence-electron chi connectivity index (χ3n) is 7.47. The molecule has 1 unspecified atom stereocenters. The second-order valence-electron chi connectivity index (χ2n) is 10.8. The number of carbonyl (C=O) groups excluding carboxylic acids is 2.